The number of carbonyl (C=O) groups excluding carboxylic acids is 1. The fourth-order valence-electron chi connectivity index (χ4n) is 2.70. The highest BCUT2D eigenvalue weighted by Crippen LogP contribution is 2.37. The van der Waals surface area contributed by atoms with E-state index in [2.05, 4.69) is 15.5 Å². The second kappa shape index (κ2) is 5.55. The third-order valence-corrected chi connectivity index (χ3v) is 3.72. The number of rotatable bonds is 4. The summed E-state index contributed by atoms with van der Waals surface area (Å²) >= 11 is 0. The highest BCUT2D eigenvalue weighted by atomic mass is 16.5. The molecular weight excluding hydrogens is 270 g/mol. The molecule has 0 atom stereocenters. The van der Waals surface area contributed by atoms with Crippen LogP contribution in [-0.4, -0.2) is 16.0 Å². The summed E-state index contributed by atoms with van der Waals surface area (Å²) < 4.78 is 10.2. The molecule has 0 spiro atoms. The molecule has 1 N–H and O–H groups in total. The Morgan fingerprint density at radius 3 is 2.86 bits per heavy atom. The van der Waals surface area contributed by atoms with Crippen molar-refractivity contribution in [3.63, 3.8) is 0 Å². The van der Waals surface area contributed by atoms with Gasteiger partial charge in [-0.05, 0) is 31.1 Å². The molecule has 0 aromatic carbocycles. The molecule has 1 amide bonds. The SMILES string of the molecule is Cc1nc(C2(NC(=O)/C=C/c3ccco3)CCCC2)no1. The van der Waals surface area contributed by atoms with Crippen LogP contribution in [0.25, 0.3) is 6.08 Å². The molecule has 0 unspecified atom stereocenters. The third-order valence-electron chi connectivity index (χ3n) is 3.72. The molecule has 2 heterocycles. The fraction of sp³-hybridized carbons (Fsp3) is 0.400. The number of nitrogens with one attached hydrogen (secondary N) is 1. The summed E-state index contributed by atoms with van der Waals surface area (Å²) in [5.41, 5.74) is -0.512. The Hall–Kier alpha value is -2.37. The van der Waals surface area contributed by atoms with Gasteiger partial charge >= 0.3 is 0 Å². The molecule has 0 aliphatic heterocycles. The zero-order chi connectivity index (χ0) is 14.7. The van der Waals surface area contributed by atoms with Crippen molar-refractivity contribution in [3.8, 4) is 0 Å². The number of amides is 1. The Morgan fingerprint density at radius 2 is 2.24 bits per heavy atom. The quantitative estimate of drug-likeness (QED) is 0.874. The van der Waals surface area contributed by atoms with Gasteiger partial charge in [0, 0.05) is 13.0 Å². The van der Waals surface area contributed by atoms with Crippen LogP contribution < -0.4 is 5.32 Å². The minimum absolute atomic E-state index is 0.184. The van der Waals surface area contributed by atoms with E-state index in [4.69, 9.17) is 8.94 Å². The molecule has 2 aromatic rings. The van der Waals surface area contributed by atoms with Gasteiger partial charge in [0.15, 0.2) is 5.82 Å². The Labute approximate surface area is 122 Å². The summed E-state index contributed by atoms with van der Waals surface area (Å²) in [4.78, 5) is 16.4. The predicted octanol–water partition coefficient (Wildman–Crippen LogP) is 2.57. The Balaban J connectivity index is 1.75. The lowest BCUT2D eigenvalue weighted by Gasteiger charge is -2.25. The fourth-order valence-corrected chi connectivity index (χ4v) is 2.70. The minimum atomic E-state index is -0.512. The van der Waals surface area contributed by atoms with Gasteiger partial charge in [-0.3, -0.25) is 4.79 Å². The number of hydrogen-bond acceptors (Lipinski definition) is 5. The molecule has 1 aliphatic rings. The highest BCUT2D eigenvalue weighted by molar-refractivity contribution is 5.91. The number of carbonyl (C=O) groups is 1. The number of aromatic nitrogens is 2. The average molecular weight is 287 g/mol. The van der Waals surface area contributed by atoms with E-state index in [-0.39, 0.29) is 5.91 Å². The van der Waals surface area contributed by atoms with Crippen LogP contribution in [0.15, 0.2) is 33.4 Å². The minimum Gasteiger partial charge on any atom is -0.465 e. The second-order valence-corrected chi connectivity index (χ2v) is 5.26. The van der Waals surface area contributed by atoms with Crippen LogP contribution >= 0.6 is 0 Å². The van der Waals surface area contributed by atoms with Gasteiger partial charge in [-0.25, -0.2) is 0 Å². The van der Waals surface area contributed by atoms with Gasteiger partial charge < -0.3 is 14.3 Å². The van der Waals surface area contributed by atoms with E-state index in [1.54, 1.807) is 31.4 Å². The topological polar surface area (TPSA) is 81.2 Å². The Bertz CT molecular complexity index is 637. The summed E-state index contributed by atoms with van der Waals surface area (Å²) in [6.45, 7) is 1.75. The number of hydrogen-bond donors (Lipinski definition) is 1. The van der Waals surface area contributed by atoms with Crippen molar-refractivity contribution in [2.75, 3.05) is 0 Å². The number of nitrogens with zero attached hydrogens (tertiary/aromatic N) is 2. The lowest BCUT2D eigenvalue weighted by atomic mass is 9.96. The maximum atomic E-state index is 12.2. The summed E-state index contributed by atoms with van der Waals surface area (Å²) in [6.07, 6.45) is 8.40. The van der Waals surface area contributed by atoms with Gasteiger partial charge in [0.1, 0.15) is 11.3 Å². The van der Waals surface area contributed by atoms with Gasteiger partial charge in [0.2, 0.25) is 11.8 Å². The van der Waals surface area contributed by atoms with Crippen molar-refractivity contribution in [3.05, 3.63) is 41.9 Å². The summed E-state index contributed by atoms with van der Waals surface area (Å²) in [6, 6.07) is 3.57. The number of furan rings is 1. The lowest BCUT2D eigenvalue weighted by molar-refractivity contribution is -0.118. The first kappa shape index (κ1) is 13.6. The van der Waals surface area contributed by atoms with Crippen LogP contribution in [-0.2, 0) is 10.3 Å². The van der Waals surface area contributed by atoms with E-state index in [0.29, 0.717) is 17.5 Å². The van der Waals surface area contributed by atoms with Gasteiger partial charge in [-0.2, -0.15) is 4.98 Å². The first-order chi connectivity index (χ1) is 10.2. The average Bonchev–Trinajstić information content (AvgIpc) is 3.17. The van der Waals surface area contributed by atoms with Crippen molar-refractivity contribution in [1.29, 1.82) is 0 Å². The first-order valence-electron chi connectivity index (χ1n) is 7.02. The molecule has 110 valence electrons. The predicted molar refractivity (Wildman–Crippen MR) is 75.1 cm³/mol. The van der Waals surface area contributed by atoms with Gasteiger partial charge in [0.25, 0.3) is 0 Å². The summed E-state index contributed by atoms with van der Waals surface area (Å²) in [5.74, 6) is 1.53. The van der Waals surface area contributed by atoms with Crippen molar-refractivity contribution < 1.29 is 13.7 Å². The molecule has 6 heteroatoms. The highest BCUT2D eigenvalue weighted by Gasteiger charge is 2.40. The molecular formula is C15H17N3O3. The summed E-state index contributed by atoms with van der Waals surface area (Å²) in [7, 11) is 0. The normalized spacial score (nSPS) is 17.4. The smallest absolute Gasteiger partial charge is 0.244 e. The zero-order valence-corrected chi connectivity index (χ0v) is 11.8. The van der Waals surface area contributed by atoms with Crippen LogP contribution in [0.5, 0.6) is 0 Å². The van der Waals surface area contributed by atoms with Crippen LogP contribution in [0.2, 0.25) is 0 Å². The van der Waals surface area contributed by atoms with Crippen LogP contribution in [0.1, 0.15) is 43.2 Å². The Kier molecular flexibility index (Phi) is 3.60. The zero-order valence-electron chi connectivity index (χ0n) is 11.8. The molecule has 0 saturated heterocycles. The van der Waals surface area contributed by atoms with Crippen LogP contribution in [0, 0.1) is 6.92 Å². The van der Waals surface area contributed by atoms with E-state index in [1.165, 1.54) is 6.08 Å². The molecule has 1 saturated carbocycles. The lowest BCUT2D eigenvalue weighted by Crippen LogP contribution is -2.44. The maximum absolute atomic E-state index is 12.2. The first-order valence-corrected chi connectivity index (χ1v) is 7.02. The molecule has 21 heavy (non-hydrogen) atoms. The monoisotopic (exact) mass is 287 g/mol. The van der Waals surface area contributed by atoms with Gasteiger partial charge in [-0.1, -0.05) is 18.0 Å². The second-order valence-electron chi connectivity index (χ2n) is 5.26. The molecule has 1 fully saturated rings. The standard InChI is InChI=1S/C15H17N3O3/c1-11-16-14(18-21-11)15(8-2-3-9-15)17-13(19)7-6-12-5-4-10-20-12/h4-7,10H,2-3,8-9H2,1H3,(H,17,19)/b7-6+. The van der Waals surface area contributed by atoms with Crippen LogP contribution in [0.4, 0.5) is 0 Å². The molecule has 0 bridgehead atoms. The largest absolute Gasteiger partial charge is 0.465 e. The Morgan fingerprint density at radius 1 is 1.43 bits per heavy atom. The molecule has 2 aromatic heterocycles. The van der Waals surface area contributed by atoms with E-state index >= 15 is 0 Å². The van der Waals surface area contributed by atoms with Crippen molar-refractivity contribution in [2.45, 2.75) is 38.1 Å². The molecule has 0 radical (unpaired) electrons. The van der Waals surface area contributed by atoms with E-state index in [1.807, 2.05) is 0 Å². The molecule has 1 aliphatic carbocycles. The van der Waals surface area contributed by atoms with Gasteiger partial charge in [-0.15, -0.1) is 0 Å². The van der Waals surface area contributed by atoms with E-state index in [0.717, 1.165) is 25.7 Å². The maximum Gasteiger partial charge on any atom is 0.244 e. The van der Waals surface area contributed by atoms with Crippen molar-refractivity contribution >= 4 is 12.0 Å². The molecule has 6 nitrogen and oxygen atoms in total. The van der Waals surface area contributed by atoms with E-state index in [9.17, 15) is 4.79 Å². The number of aryl methyl sites for hydroxylation is 1. The van der Waals surface area contributed by atoms with Gasteiger partial charge in [0.05, 0.1) is 6.26 Å². The third kappa shape index (κ3) is 2.89. The molecule has 3 rings (SSSR count). The van der Waals surface area contributed by atoms with Crippen molar-refractivity contribution in [2.24, 2.45) is 0 Å². The van der Waals surface area contributed by atoms with E-state index < -0.39 is 5.54 Å². The van der Waals surface area contributed by atoms with Crippen molar-refractivity contribution in [1.82, 2.24) is 15.5 Å². The van der Waals surface area contributed by atoms with Crippen LogP contribution in [0.3, 0.4) is 0 Å². The summed E-state index contributed by atoms with van der Waals surface area (Å²) in [5, 5.41) is 7.02.